The molecule has 0 radical (unpaired) electrons. The van der Waals surface area contributed by atoms with Gasteiger partial charge in [0.2, 0.25) is 0 Å². The second-order valence-electron chi connectivity index (χ2n) is 6.82. The molecule has 1 aromatic heterocycles. The summed E-state index contributed by atoms with van der Waals surface area (Å²) in [4.78, 5) is 32.9. The summed E-state index contributed by atoms with van der Waals surface area (Å²) in [6.45, 7) is 2.35. The van der Waals surface area contributed by atoms with Crippen LogP contribution in [-0.4, -0.2) is 46.7 Å². The summed E-state index contributed by atoms with van der Waals surface area (Å²) in [6, 6.07) is 11.6. The van der Waals surface area contributed by atoms with Crippen LogP contribution in [0.15, 0.2) is 40.9 Å². The maximum Gasteiger partial charge on any atom is 0.271 e. The first-order chi connectivity index (χ1) is 12.4. The predicted molar refractivity (Wildman–Crippen MR) is 104 cm³/mol. The maximum absolute atomic E-state index is 13.1. The number of carbonyl (C=O) groups is 2. The lowest BCUT2D eigenvalue weighted by Gasteiger charge is -2.23. The van der Waals surface area contributed by atoms with Gasteiger partial charge < -0.3 is 9.80 Å². The van der Waals surface area contributed by atoms with E-state index in [9.17, 15) is 9.59 Å². The van der Waals surface area contributed by atoms with Crippen LogP contribution in [0.2, 0.25) is 0 Å². The van der Waals surface area contributed by atoms with Gasteiger partial charge in [-0.3, -0.25) is 9.59 Å². The Balaban J connectivity index is 1.84. The molecule has 1 saturated carbocycles. The Bertz CT molecular complexity index is 847. The normalized spacial score (nSPS) is 13.4. The third-order valence-corrected chi connectivity index (χ3v) is 4.93. The van der Waals surface area contributed by atoms with Crippen molar-refractivity contribution in [3.63, 3.8) is 0 Å². The SMILES string of the molecule is Cc1nc(C(=O)N(C)C)ccc1C(=O)N(Cc1cccc(Br)c1)C1CC1. The van der Waals surface area contributed by atoms with Gasteiger partial charge in [-0.2, -0.15) is 0 Å². The molecule has 0 unspecified atom stereocenters. The van der Waals surface area contributed by atoms with Gasteiger partial charge in [0.05, 0.1) is 11.3 Å². The molecular formula is C20H22BrN3O2. The standard InChI is InChI=1S/C20H22BrN3O2/c1-13-17(9-10-18(22-13)20(26)23(2)3)19(25)24(16-7-8-16)12-14-5-4-6-15(21)11-14/h4-6,9-11,16H,7-8,12H2,1-3H3. The Morgan fingerprint density at radius 2 is 1.88 bits per heavy atom. The molecule has 136 valence electrons. The quantitative estimate of drug-likeness (QED) is 0.748. The van der Waals surface area contributed by atoms with E-state index in [4.69, 9.17) is 0 Å². The molecule has 2 aromatic rings. The van der Waals surface area contributed by atoms with Gasteiger partial charge in [0.1, 0.15) is 5.69 Å². The predicted octanol–water partition coefficient (Wildman–Crippen LogP) is 3.66. The van der Waals surface area contributed by atoms with E-state index in [-0.39, 0.29) is 17.9 Å². The molecule has 0 saturated heterocycles. The van der Waals surface area contributed by atoms with E-state index in [0.717, 1.165) is 22.9 Å². The molecule has 5 nitrogen and oxygen atoms in total. The van der Waals surface area contributed by atoms with Crippen molar-refractivity contribution in [3.8, 4) is 0 Å². The molecule has 0 bridgehead atoms. The summed E-state index contributed by atoms with van der Waals surface area (Å²) in [5.74, 6) is -0.193. The first-order valence-electron chi connectivity index (χ1n) is 8.61. The van der Waals surface area contributed by atoms with E-state index in [1.807, 2.05) is 29.2 Å². The number of amides is 2. The van der Waals surface area contributed by atoms with Crippen LogP contribution >= 0.6 is 15.9 Å². The Hall–Kier alpha value is -2.21. The lowest BCUT2D eigenvalue weighted by molar-refractivity contribution is 0.0726. The van der Waals surface area contributed by atoms with Crippen LogP contribution in [0.25, 0.3) is 0 Å². The number of benzene rings is 1. The highest BCUT2D eigenvalue weighted by Gasteiger charge is 2.34. The topological polar surface area (TPSA) is 53.5 Å². The largest absolute Gasteiger partial charge is 0.343 e. The van der Waals surface area contributed by atoms with Crippen molar-refractivity contribution in [2.75, 3.05) is 14.1 Å². The van der Waals surface area contributed by atoms with E-state index in [1.54, 1.807) is 33.2 Å². The average Bonchev–Trinajstić information content (AvgIpc) is 3.43. The van der Waals surface area contributed by atoms with Crippen molar-refractivity contribution in [1.29, 1.82) is 0 Å². The highest BCUT2D eigenvalue weighted by Crippen LogP contribution is 2.30. The lowest BCUT2D eigenvalue weighted by atomic mass is 10.1. The van der Waals surface area contributed by atoms with Gasteiger partial charge in [-0.25, -0.2) is 4.98 Å². The molecule has 26 heavy (non-hydrogen) atoms. The summed E-state index contributed by atoms with van der Waals surface area (Å²) in [5, 5.41) is 0. The number of aryl methyl sites for hydroxylation is 1. The highest BCUT2D eigenvalue weighted by molar-refractivity contribution is 9.10. The molecule has 1 heterocycles. The molecular weight excluding hydrogens is 394 g/mol. The van der Waals surface area contributed by atoms with Gasteiger partial charge in [0, 0.05) is 31.2 Å². The van der Waals surface area contributed by atoms with Crippen molar-refractivity contribution in [3.05, 3.63) is 63.4 Å². The Labute approximate surface area is 162 Å². The summed E-state index contributed by atoms with van der Waals surface area (Å²) in [5.41, 5.74) is 2.59. The van der Waals surface area contributed by atoms with Crippen molar-refractivity contribution in [1.82, 2.24) is 14.8 Å². The fourth-order valence-corrected chi connectivity index (χ4v) is 3.32. The minimum Gasteiger partial charge on any atom is -0.343 e. The molecule has 2 amide bonds. The van der Waals surface area contributed by atoms with Crippen LogP contribution in [-0.2, 0) is 6.54 Å². The maximum atomic E-state index is 13.1. The number of hydrogen-bond donors (Lipinski definition) is 0. The van der Waals surface area contributed by atoms with Crippen LogP contribution in [0.4, 0.5) is 0 Å². The van der Waals surface area contributed by atoms with Gasteiger partial charge in [0.25, 0.3) is 11.8 Å². The molecule has 0 aliphatic heterocycles. The number of carbonyl (C=O) groups excluding carboxylic acids is 2. The molecule has 0 spiro atoms. The van der Waals surface area contributed by atoms with Crippen molar-refractivity contribution in [2.24, 2.45) is 0 Å². The summed E-state index contributed by atoms with van der Waals surface area (Å²) in [6.07, 6.45) is 2.06. The first-order valence-corrected chi connectivity index (χ1v) is 9.41. The Kier molecular flexibility index (Phi) is 5.41. The number of hydrogen-bond acceptors (Lipinski definition) is 3. The van der Waals surface area contributed by atoms with Gasteiger partial charge in [-0.1, -0.05) is 28.1 Å². The average molecular weight is 416 g/mol. The van der Waals surface area contributed by atoms with Crippen LogP contribution in [0.1, 0.15) is 44.9 Å². The molecule has 1 aromatic carbocycles. The number of rotatable bonds is 5. The summed E-state index contributed by atoms with van der Waals surface area (Å²) >= 11 is 3.48. The molecule has 0 N–H and O–H groups in total. The number of halogens is 1. The third-order valence-electron chi connectivity index (χ3n) is 4.43. The van der Waals surface area contributed by atoms with Crippen LogP contribution < -0.4 is 0 Å². The van der Waals surface area contributed by atoms with Crippen molar-refractivity contribution in [2.45, 2.75) is 32.4 Å². The highest BCUT2D eigenvalue weighted by atomic mass is 79.9. The summed E-state index contributed by atoms with van der Waals surface area (Å²) < 4.78 is 1.00. The van der Waals surface area contributed by atoms with Gasteiger partial charge in [-0.15, -0.1) is 0 Å². The van der Waals surface area contributed by atoms with E-state index in [2.05, 4.69) is 20.9 Å². The van der Waals surface area contributed by atoms with Crippen LogP contribution in [0.5, 0.6) is 0 Å². The number of nitrogens with zero attached hydrogens (tertiary/aromatic N) is 3. The van der Waals surface area contributed by atoms with Crippen molar-refractivity contribution < 1.29 is 9.59 Å². The molecule has 1 aliphatic rings. The zero-order valence-corrected chi connectivity index (χ0v) is 16.8. The van der Waals surface area contributed by atoms with Crippen LogP contribution in [0, 0.1) is 6.92 Å². The van der Waals surface area contributed by atoms with E-state index >= 15 is 0 Å². The minimum absolute atomic E-state index is 0.0265. The first kappa shape index (κ1) is 18.6. The zero-order chi connectivity index (χ0) is 18.8. The third kappa shape index (κ3) is 4.12. The van der Waals surface area contributed by atoms with Gasteiger partial charge >= 0.3 is 0 Å². The fraction of sp³-hybridized carbons (Fsp3) is 0.350. The lowest BCUT2D eigenvalue weighted by Crippen LogP contribution is -2.33. The molecule has 1 fully saturated rings. The zero-order valence-electron chi connectivity index (χ0n) is 15.2. The van der Waals surface area contributed by atoms with E-state index in [0.29, 0.717) is 23.5 Å². The monoisotopic (exact) mass is 415 g/mol. The smallest absolute Gasteiger partial charge is 0.271 e. The fourth-order valence-electron chi connectivity index (χ4n) is 2.87. The molecule has 6 heteroatoms. The molecule has 3 rings (SSSR count). The van der Waals surface area contributed by atoms with Gasteiger partial charge in [-0.05, 0) is 49.6 Å². The Morgan fingerprint density at radius 3 is 2.46 bits per heavy atom. The number of pyridine rings is 1. The van der Waals surface area contributed by atoms with Crippen molar-refractivity contribution >= 4 is 27.7 Å². The second-order valence-corrected chi connectivity index (χ2v) is 7.74. The van der Waals surface area contributed by atoms with Crippen LogP contribution in [0.3, 0.4) is 0 Å². The summed E-state index contributed by atoms with van der Waals surface area (Å²) in [7, 11) is 3.37. The van der Waals surface area contributed by atoms with E-state index < -0.39 is 0 Å². The van der Waals surface area contributed by atoms with Gasteiger partial charge in [0.15, 0.2) is 0 Å². The Morgan fingerprint density at radius 1 is 1.15 bits per heavy atom. The minimum atomic E-state index is -0.166. The molecule has 0 atom stereocenters. The van der Waals surface area contributed by atoms with E-state index in [1.165, 1.54) is 4.90 Å². The molecule has 1 aliphatic carbocycles. The number of aromatic nitrogens is 1. The second kappa shape index (κ2) is 7.58.